The Hall–Kier alpha value is -3.11. The van der Waals surface area contributed by atoms with Gasteiger partial charge in [0.15, 0.2) is 14.6 Å². The van der Waals surface area contributed by atoms with E-state index in [1.165, 1.54) is 12.1 Å². The normalized spacial score (nSPS) is 15.4. The van der Waals surface area contributed by atoms with Crippen LogP contribution in [0.4, 0.5) is 0 Å². The zero-order valence-corrected chi connectivity index (χ0v) is 20.2. The van der Waals surface area contributed by atoms with Gasteiger partial charge in [0, 0.05) is 32.4 Å². The molecule has 0 saturated carbocycles. The molecule has 1 aliphatic rings. The van der Waals surface area contributed by atoms with Crippen molar-refractivity contribution in [2.75, 3.05) is 40.5 Å². The highest BCUT2D eigenvalue weighted by molar-refractivity contribution is 7.93. The molecule has 1 aliphatic heterocycles. The highest BCUT2D eigenvalue weighted by Crippen LogP contribution is 2.35. The molecule has 0 aromatic heterocycles. The Bertz CT molecular complexity index is 1090. The number of hydrogen-bond acceptors (Lipinski definition) is 7. The second kappa shape index (κ2) is 10.9. The topological polar surface area (TPSA) is 125 Å². The Morgan fingerprint density at radius 3 is 2.18 bits per heavy atom. The van der Waals surface area contributed by atoms with Crippen LogP contribution in [0.15, 0.2) is 53.4 Å². The molecule has 1 saturated heterocycles. The standard InChI is InChI=1S/C24H30N2O7S/c1-26(22(27)18-4-6-19(31-2)7-5-18)14-3-15-33-20-8-10-21(11-9-20)34(29,30)24(23(25)28)12-16-32-17-13-24/h4-11H,3,12-17H2,1-2H3,(H2,25,28). The fraction of sp³-hybridized carbons (Fsp3) is 0.417. The molecule has 2 aromatic rings. The van der Waals surface area contributed by atoms with Crippen molar-refractivity contribution in [1.82, 2.24) is 4.90 Å². The number of amides is 2. The van der Waals surface area contributed by atoms with Gasteiger partial charge >= 0.3 is 0 Å². The minimum Gasteiger partial charge on any atom is -0.497 e. The first-order valence-corrected chi connectivity index (χ1v) is 12.4. The molecule has 0 unspecified atom stereocenters. The van der Waals surface area contributed by atoms with Gasteiger partial charge in [-0.2, -0.15) is 0 Å². The third kappa shape index (κ3) is 5.34. The van der Waals surface area contributed by atoms with Crippen molar-refractivity contribution >= 4 is 21.7 Å². The van der Waals surface area contributed by atoms with E-state index in [0.29, 0.717) is 36.6 Å². The van der Waals surface area contributed by atoms with Gasteiger partial charge in [-0.25, -0.2) is 8.42 Å². The van der Waals surface area contributed by atoms with Crippen LogP contribution < -0.4 is 15.2 Å². The van der Waals surface area contributed by atoms with Crippen LogP contribution in [0.5, 0.6) is 11.5 Å². The van der Waals surface area contributed by atoms with E-state index in [1.807, 2.05) is 0 Å². The van der Waals surface area contributed by atoms with Crippen LogP contribution in [0.2, 0.25) is 0 Å². The summed E-state index contributed by atoms with van der Waals surface area (Å²) in [4.78, 5) is 26.2. The molecule has 3 rings (SSSR count). The number of benzene rings is 2. The molecule has 0 spiro atoms. The Balaban J connectivity index is 1.53. The molecule has 0 aliphatic carbocycles. The number of carbonyl (C=O) groups is 2. The van der Waals surface area contributed by atoms with E-state index in [9.17, 15) is 18.0 Å². The molecule has 184 valence electrons. The molecule has 1 heterocycles. The summed E-state index contributed by atoms with van der Waals surface area (Å²) in [5.74, 6) is 0.213. The number of methoxy groups -OCH3 is 1. The summed E-state index contributed by atoms with van der Waals surface area (Å²) in [6, 6.07) is 12.8. The van der Waals surface area contributed by atoms with Gasteiger partial charge < -0.3 is 24.8 Å². The number of rotatable bonds is 10. The molecule has 0 atom stereocenters. The van der Waals surface area contributed by atoms with E-state index in [4.69, 9.17) is 19.9 Å². The molecule has 2 aromatic carbocycles. The van der Waals surface area contributed by atoms with Crippen molar-refractivity contribution in [2.45, 2.75) is 28.9 Å². The maximum atomic E-state index is 13.2. The maximum absolute atomic E-state index is 13.2. The summed E-state index contributed by atoms with van der Waals surface area (Å²) >= 11 is 0. The number of nitrogens with zero attached hydrogens (tertiary/aromatic N) is 1. The summed E-state index contributed by atoms with van der Waals surface area (Å²) in [6.45, 7) is 1.16. The monoisotopic (exact) mass is 490 g/mol. The van der Waals surface area contributed by atoms with Crippen LogP contribution in [0.1, 0.15) is 29.6 Å². The molecule has 1 fully saturated rings. The van der Waals surface area contributed by atoms with Crippen LogP contribution in [-0.2, 0) is 19.4 Å². The van der Waals surface area contributed by atoms with Gasteiger partial charge in [-0.1, -0.05) is 0 Å². The predicted molar refractivity (Wildman–Crippen MR) is 126 cm³/mol. The van der Waals surface area contributed by atoms with Crippen LogP contribution in [0.25, 0.3) is 0 Å². The van der Waals surface area contributed by atoms with E-state index in [2.05, 4.69) is 0 Å². The molecule has 10 heteroatoms. The van der Waals surface area contributed by atoms with Gasteiger partial charge in [0.05, 0.1) is 18.6 Å². The van der Waals surface area contributed by atoms with Crippen LogP contribution in [0.3, 0.4) is 0 Å². The zero-order chi connectivity index (χ0) is 24.8. The molecular weight excluding hydrogens is 460 g/mol. The van der Waals surface area contributed by atoms with Gasteiger partial charge in [-0.05, 0) is 67.8 Å². The summed E-state index contributed by atoms with van der Waals surface area (Å²) < 4.78 is 40.7. The van der Waals surface area contributed by atoms with E-state index >= 15 is 0 Å². The number of primary amides is 1. The Labute approximate surface area is 199 Å². The first-order chi connectivity index (χ1) is 16.2. The molecule has 0 radical (unpaired) electrons. The first-order valence-electron chi connectivity index (χ1n) is 11.0. The Morgan fingerprint density at radius 1 is 1.03 bits per heavy atom. The summed E-state index contributed by atoms with van der Waals surface area (Å²) in [7, 11) is -0.691. The Kier molecular flexibility index (Phi) is 8.16. The number of sulfone groups is 1. The fourth-order valence-corrected chi connectivity index (χ4v) is 5.75. The largest absolute Gasteiger partial charge is 0.497 e. The second-order valence-electron chi connectivity index (χ2n) is 8.10. The molecule has 9 nitrogen and oxygen atoms in total. The predicted octanol–water partition coefficient (Wildman–Crippen LogP) is 2.04. The number of hydrogen-bond donors (Lipinski definition) is 1. The van der Waals surface area contributed by atoms with Gasteiger partial charge in [0.2, 0.25) is 5.91 Å². The second-order valence-corrected chi connectivity index (χ2v) is 10.4. The van der Waals surface area contributed by atoms with Gasteiger partial charge in [-0.3, -0.25) is 9.59 Å². The molecular formula is C24H30N2O7S. The Morgan fingerprint density at radius 2 is 1.62 bits per heavy atom. The van der Waals surface area contributed by atoms with E-state index in [0.717, 1.165) is 0 Å². The SMILES string of the molecule is COc1ccc(C(=O)N(C)CCCOc2ccc(S(=O)(=O)C3(C(N)=O)CCOCC3)cc2)cc1. The summed E-state index contributed by atoms with van der Waals surface area (Å²) in [6.07, 6.45) is 0.653. The highest BCUT2D eigenvalue weighted by Gasteiger charge is 2.51. The van der Waals surface area contributed by atoms with Crippen LogP contribution in [0, 0.1) is 0 Å². The van der Waals surface area contributed by atoms with Gasteiger partial charge in [0.25, 0.3) is 5.91 Å². The average molecular weight is 491 g/mol. The van der Waals surface area contributed by atoms with E-state index in [-0.39, 0.29) is 36.9 Å². The zero-order valence-electron chi connectivity index (χ0n) is 19.4. The van der Waals surface area contributed by atoms with Gasteiger partial charge in [0.1, 0.15) is 11.5 Å². The van der Waals surface area contributed by atoms with Crippen molar-refractivity contribution in [1.29, 1.82) is 0 Å². The lowest BCUT2D eigenvalue weighted by atomic mass is 9.98. The third-order valence-electron chi connectivity index (χ3n) is 5.99. The van der Waals surface area contributed by atoms with Crippen molar-refractivity contribution in [3.05, 3.63) is 54.1 Å². The van der Waals surface area contributed by atoms with E-state index in [1.54, 1.807) is 55.5 Å². The molecule has 2 amide bonds. The average Bonchev–Trinajstić information content (AvgIpc) is 2.86. The van der Waals surface area contributed by atoms with Crippen molar-refractivity contribution < 1.29 is 32.2 Å². The number of carbonyl (C=O) groups excluding carboxylic acids is 2. The lowest BCUT2D eigenvalue weighted by Crippen LogP contribution is -2.53. The van der Waals surface area contributed by atoms with Crippen molar-refractivity contribution in [2.24, 2.45) is 5.73 Å². The molecule has 2 N–H and O–H groups in total. The smallest absolute Gasteiger partial charge is 0.253 e. The molecule has 0 bridgehead atoms. The van der Waals surface area contributed by atoms with Crippen LogP contribution >= 0.6 is 0 Å². The summed E-state index contributed by atoms with van der Waals surface area (Å²) in [5.41, 5.74) is 6.07. The van der Waals surface area contributed by atoms with Gasteiger partial charge in [-0.15, -0.1) is 0 Å². The highest BCUT2D eigenvalue weighted by atomic mass is 32.2. The third-order valence-corrected chi connectivity index (χ3v) is 8.52. The maximum Gasteiger partial charge on any atom is 0.253 e. The minimum atomic E-state index is -3.98. The first kappa shape index (κ1) is 25.5. The molecule has 34 heavy (non-hydrogen) atoms. The lowest BCUT2D eigenvalue weighted by molar-refractivity contribution is -0.122. The van der Waals surface area contributed by atoms with Crippen molar-refractivity contribution in [3.8, 4) is 11.5 Å². The van der Waals surface area contributed by atoms with Crippen molar-refractivity contribution in [3.63, 3.8) is 0 Å². The van der Waals surface area contributed by atoms with Crippen LogP contribution in [-0.4, -0.2) is 70.4 Å². The number of ether oxygens (including phenoxy) is 3. The van der Waals surface area contributed by atoms with E-state index < -0.39 is 20.5 Å². The minimum absolute atomic E-state index is 0.0189. The summed E-state index contributed by atoms with van der Waals surface area (Å²) in [5, 5.41) is 0. The fourth-order valence-electron chi connectivity index (χ4n) is 3.84. The lowest BCUT2D eigenvalue weighted by Gasteiger charge is -2.33. The quantitative estimate of drug-likeness (QED) is 0.505. The number of nitrogens with two attached hydrogens (primary N) is 1.